The standard InChI is InChI=1S/C22H24N2O4/c1-3-7-22(26)28-15-21(25)24-20(17-10-12-18(27-2)13-11-17)14-19(23-24)16-8-5-4-6-9-16/h4-6,8-13,20H,3,7,14-15H2,1-2H3/t20-/m1/s1. The number of amides is 1. The minimum atomic E-state index is -0.372. The van der Waals surface area contributed by atoms with Crippen molar-refractivity contribution in [1.82, 2.24) is 5.01 Å². The number of methoxy groups -OCH3 is 1. The van der Waals surface area contributed by atoms with Crippen molar-refractivity contribution in [3.05, 3.63) is 65.7 Å². The number of carbonyl (C=O) groups excluding carboxylic acids is 2. The van der Waals surface area contributed by atoms with Crippen LogP contribution in [0.4, 0.5) is 0 Å². The fraction of sp³-hybridized carbons (Fsp3) is 0.318. The zero-order valence-electron chi connectivity index (χ0n) is 16.1. The zero-order valence-corrected chi connectivity index (χ0v) is 16.1. The molecule has 1 aliphatic rings. The number of hydrogen-bond acceptors (Lipinski definition) is 5. The van der Waals surface area contributed by atoms with Gasteiger partial charge < -0.3 is 9.47 Å². The van der Waals surface area contributed by atoms with Crippen LogP contribution < -0.4 is 4.74 Å². The summed E-state index contributed by atoms with van der Waals surface area (Å²) in [7, 11) is 1.61. The average molecular weight is 380 g/mol. The summed E-state index contributed by atoms with van der Waals surface area (Å²) in [6.07, 6.45) is 1.57. The van der Waals surface area contributed by atoms with E-state index in [9.17, 15) is 9.59 Å². The minimum absolute atomic E-state index is 0.251. The number of hydrogen-bond donors (Lipinski definition) is 0. The van der Waals surface area contributed by atoms with Gasteiger partial charge in [-0.3, -0.25) is 9.59 Å². The Morgan fingerprint density at radius 3 is 2.46 bits per heavy atom. The summed E-state index contributed by atoms with van der Waals surface area (Å²) >= 11 is 0. The monoisotopic (exact) mass is 380 g/mol. The highest BCUT2D eigenvalue weighted by molar-refractivity contribution is 6.03. The minimum Gasteiger partial charge on any atom is -0.497 e. The van der Waals surface area contributed by atoms with Gasteiger partial charge in [0.1, 0.15) is 5.75 Å². The van der Waals surface area contributed by atoms with Crippen LogP contribution in [0.3, 0.4) is 0 Å². The molecule has 0 saturated heterocycles. The highest BCUT2D eigenvalue weighted by Gasteiger charge is 2.33. The fourth-order valence-corrected chi connectivity index (χ4v) is 3.12. The van der Waals surface area contributed by atoms with E-state index in [4.69, 9.17) is 9.47 Å². The Bertz CT molecular complexity index is 847. The van der Waals surface area contributed by atoms with E-state index in [0.717, 1.165) is 22.6 Å². The number of carbonyl (C=O) groups is 2. The lowest BCUT2D eigenvalue weighted by Crippen LogP contribution is -2.31. The molecule has 0 spiro atoms. The van der Waals surface area contributed by atoms with Crippen LogP contribution in [0.2, 0.25) is 0 Å². The van der Waals surface area contributed by atoms with Crippen LogP contribution in [-0.2, 0) is 14.3 Å². The number of rotatable bonds is 7. The van der Waals surface area contributed by atoms with Crippen molar-refractivity contribution in [3.63, 3.8) is 0 Å². The normalized spacial score (nSPS) is 15.9. The van der Waals surface area contributed by atoms with E-state index in [1.807, 2.05) is 61.5 Å². The summed E-state index contributed by atoms with van der Waals surface area (Å²) < 4.78 is 10.3. The summed E-state index contributed by atoms with van der Waals surface area (Å²) in [5, 5.41) is 5.99. The lowest BCUT2D eigenvalue weighted by molar-refractivity contribution is -0.152. The predicted octanol–water partition coefficient (Wildman–Crippen LogP) is 3.72. The lowest BCUT2D eigenvalue weighted by atomic mass is 9.98. The van der Waals surface area contributed by atoms with Crippen molar-refractivity contribution in [3.8, 4) is 5.75 Å². The molecule has 0 radical (unpaired) electrons. The van der Waals surface area contributed by atoms with Crippen LogP contribution in [0.15, 0.2) is 59.7 Å². The van der Waals surface area contributed by atoms with Gasteiger partial charge in [-0.15, -0.1) is 0 Å². The van der Waals surface area contributed by atoms with Crippen molar-refractivity contribution in [1.29, 1.82) is 0 Å². The van der Waals surface area contributed by atoms with Crippen LogP contribution in [-0.4, -0.2) is 36.3 Å². The van der Waals surface area contributed by atoms with Crippen molar-refractivity contribution >= 4 is 17.6 Å². The van der Waals surface area contributed by atoms with Gasteiger partial charge in [0.05, 0.1) is 18.9 Å². The van der Waals surface area contributed by atoms with Crippen molar-refractivity contribution in [2.24, 2.45) is 5.10 Å². The summed E-state index contributed by atoms with van der Waals surface area (Å²) in [6.45, 7) is 1.58. The van der Waals surface area contributed by atoms with Crippen LogP contribution in [0.1, 0.15) is 43.4 Å². The van der Waals surface area contributed by atoms with Gasteiger partial charge in [-0.2, -0.15) is 5.10 Å². The largest absolute Gasteiger partial charge is 0.497 e. The third kappa shape index (κ3) is 4.57. The Balaban J connectivity index is 1.82. The van der Waals surface area contributed by atoms with Crippen molar-refractivity contribution < 1.29 is 19.1 Å². The van der Waals surface area contributed by atoms with Gasteiger partial charge in [0.15, 0.2) is 6.61 Å². The quantitative estimate of drug-likeness (QED) is 0.687. The molecule has 2 aromatic rings. The maximum absolute atomic E-state index is 12.8. The SMILES string of the molecule is CCCC(=O)OCC(=O)N1N=C(c2ccccc2)C[C@@H]1c1ccc(OC)cc1. The first-order valence-electron chi connectivity index (χ1n) is 9.37. The third-order valence-electron chi connectivity index (χ3n) is 4.58. The molecule has 1 heterocycles. The Kier molecular flexibility index (Phi) is 6.42. The molecular weight excluding hydrogens is 356 g/mol. The molecular formula is C22H24N2O4. The van der Waals surface area contributed by atoms with Gasteiger partial charge in [0.25, 0.3) is 5.91 Å². The Morgan fingerprint density at radius 2 is 1.82 bits per heavy atom. The second kappa shape index (κ2) is 9.17. The van der Waals surface area contributed by atoms with E-state index in [-0.39, 0.29) is 24.5 Å². The van der Waals surface area contributed by atoms with Crippen LogP contribution in [0, 0.1) is 0 Å². The molecule has 0 N–H and O–H groups in total. The molecule has 0 bridgehead atoms. The van der Waals surface area contributed by atoms with Crippen LogP contribution >= 0.6 is 0 Å². The summed E-state index contributed by atoms with van der Waals surface area (Å²) in [4.78, 5) is 24.4. The third-order valence-corrected chi connectivity index (χ3v) is 4.58. The summed E-state index contributed by atoms with van der Waals surface area (Å²) in [6, 6.07) is 17.1. The summed E-state index contributed by atoms with van der Waals surface area (Å²) in [5.74, 6) is 0.0387. The molecule has 6 heteroatoms. The molecule has 0 fully saturated rings. The maximum Gasteiger partial charge on any atom is 0.306 e. The number of esters is 1. The van der Waals surface area contributed by atoms with E-state index in [1.165, 1.54) is 5.01 Å². The fourth-order valence-electron chi connectivity index (χ4n) is 3.12. The molecule has 0 unspecified atom stereocenters. The van der Waals surface area contributed by atoms with Crippen molar-refractivity contribution in [2.45, 2.75) is 32.2 Å². The van der Waals surface area contributed by atoms with E-state index in [0.29, 0.717) is 19.3 Å². The van der Waals surface area contributed by atoms with E-state index >= 15 is 0 Å². The molecule has 6 nitrogen and oxygen atoms in total. The van der Waals surface area contributed by atoms with Gasteiger partial charge in [-0.25, -0.2) is 5.01 Å². The second-order valence-corrected chi connectivity index (χ2v) is 6.55. The molecule has 2 aromatic carbocycles. The molecule has 1 amide bonds. The van der Waals surface area contributed by atoms with Crippen molar-refractivity contribution in [2.75, 3.05) is 13.7 Å². The van der Waals surface area contributed by atoms with Gasteiger partial charge in [-0.1, -0.05) is 49.4 Å². The molecule has 3 rings (SSSR count). The summed E-state index contributed by atoms with van der Waals surface area (Å²) in [5.41, 5.74) is 2.75. The molecule has 28 heavy (non-hydrogen) atoms. The van der Waals surface area contributed by atoms with Gasteiger partial charge >= 0.3 is 5.97 Å². The number of ether oxygens (including phenoxy) is 2. The predicted molar refractivity (Wildman–Crippen MR) is 106 cm³/mol. The zero-order chi connectivity index (χ0) is 19.9. The number of hydrazone groups is 1. The maximum atomic E-state index is 12.8. The second-order valence-electron chi connectivity index (χ2n) is 6.55. The first-order chi connectivity index (χ1) is 13.6. The molecule has 1 atom stereocenters. The molecule has 0 saturated carbocycles. The van der Waals surface area contributed by atoms with E-state index < -0.39 is 0 Å². The number of benzene rings is 2. The van der Waals surface area contributed by atoms with Gasteiger partial charge in [0, 0.05) is 12.8 Å². The number of nitrogens with zero attached hydrogens (tertiary/aromatic N) is 2. The Hall–Kier alpha value is -3.15. The Morgan fingerprint density at radius 1 is 1.11 bits per heavy atom. The topological polar surface area (TPSA) is 68.2 Å². The van der Waals surface area contributed by atoms with Crippen LogP contribution in [0.25, 0.3) is 0 Å². The highest BCUT2D eigenvalue weighted by Crippen LogP contribution is 2.33. The first kappa shape index (κ1) is 19.6. The molecule has 1 aliphatic heterocycles. The van der Waals surface area contributed by atoms with E-state index in [2.05, 4.69) is 5.10 Å². The smallest absolute Gasteiger partial charge is 0.306 e. The van der Waals surface area contributed by atoms with Crippen LogP contribution in [0.5, 0.6) is 5.75 Å². The molecule has 0 aromatic heterocycles. The van der Waals surface area contributed by atoms with Gasteiger partial charge in [0.2, 0.25) is 0 Å². The molecule has 146 valence electrons. The lowest BCUT2D eigenvalue weighted by Gasteiger charge is -2.22. The first-order valence-corrected chi connectivity index (χ1v) is 9.37. The highest BCUT2D eigenvalue weighted by atomic mass is 16.5. The molecule has 0 aliphatic carbocycles. The van der Waals surface area contributed by atoms with E-state index in [1.54, 1.807) is 7.11 Å². The average Bonchev–Trinajstić information content (AvgIpc) is 3.18. The van der Waals surface area contributed by atoms with Gasteiger partial charge in [-0.05, 0) is 29.7 Å². The Labute approximate surface area is 164 Å².